The molecular weight excluding hydrogens is 414 g/mol. The van der Waals surface area contributed by atoms with Crippen molar-refractivity contribution in [1.82, 2.24) is 15.5 Å². The zero-order valence-electron chi connectivity index (χ0n) is 19.2. The maximum Gasteiger partial charge on any atom is 0.267 e. The fraction of sp³-hybridized carbons (Fsp3) is 0.423. The van der Waals surface area contributed by atoms with E-state index in [1.807, 2.05) is 60.5 Å². The van der Waals surface area contributed by atoms with Crippen molar-refractivity contribution in [3.63, 3.8) is 0 Å². The molecule has 1 atom stereocenters. The molecule has 0 aromatic heterocycles. The summed E-state index contributed by atoms with van der Waals surface area (Å²) in [5.41, 5.74) is 2.68. The molecule has 2 aliphatic rings. The Kier molecular flexibility index (Phi) is 7.73. The minimum Gasteiger partial charge on any atom is -0.355 e. The Hall–Kier alpha value is -3.19. The first-order valence-corrected chi connectivity index (χ1v) is 11.9. The number of anilines is 1. The highest BCUT2D eigenvalue weighted by Gasteiger charge is 2.33. The summed E-state index contributed by atoms with van der Waals surface area (Å²) in [6.07, 6.45) is 3.19. The third kappa shape index (κ3) is 5.99. The normalized spacial score (nSPS) is 19.2. The molecule has 1 unspecified atom stereocenters. The van der Waals surface area contributed by atoms with Gasteiger partial charge in [-0.1, -0.05) is 55.5 Å². The quantitative estimate of drug-likeness (QED) is 0.652. The zero-order chi connectivity index (χ0) is 23.0. The third-order valence-corrected chi connectivity index (χ3v) is 6.24. The van der Waals surface area contributed by atoms with Crippen LogP contribution in [0.5, 0.6) is 0 Å². The van der Waals surface area contributed by atoms with Gasteiger partial charge in [0.15, 0.2) is 0 Å². The number of piperidine rings is 1. The van der Waals surface area contributed by atoms with Crippen molar-refractivity contribution in [1.29, 1.82) is 0 Å². The van der Waals surface area contributed by atoms with Gasteiger partial charge in [-0.3, -0.25) is 19.5 Å². The largest absolute Gasteiger partial charge is 0.355 e. The summed E-state index contributed by atoms with van der Waals surface area (Å²) < 4.78 is 0. The van der Waals surface area contributed by atoms with E-state index in [0.717, 1.165) is 50.1 Å². The van der Waals surface area contributed by atoms with Gasteiger partial charge in [0.1, 0.15) is 5.71 Å². The van der Waals surface area contributed by atoms with Crippen molar-refractivity contribution in [3.8, 4) is 0 Å². The van der Waals surface area contributed by atoms with E-state index in [2.05, 4.69) is 27.7 Å². The number of likely N-dealkylation sites (tertiary alicyclic amines) is 1. The summed E-state index contributed by atoms with van der Waals surface area (Å²) in [6.45, 7) is 4.80. The predicted octanol–water partition coefficient (Wildman–Crippen LogP) is 3.10. The van der Waals surface area contributed by atoms with Crippen molar-refractivity contribution in [2.24, 2.45) is 5.10 Å². The number of rotatable bonds is 8. The first-order valence-electron chi connectivity index (χ1n) is 11.9. The maximum absolute atomic E-state index is 13.1. The molecule has 7 heteroatoms. The van der Waals surface area contributed by atoms with Crippen LogP contribution in [0.1, 0.15) is 44.2 Å². The molecular formula is C26H33N5O2. The molecule has 2 aromatic carbocycles. The van der Waals surface area contributed by atoms with Gasteiger partial charge in [-0.25, -0.2) is 0 Å². The number of hydrazone groups is 1. The molecule has 2 amide bonds. The van der Waals surface area contributed by atoms with Gasteiger partial charge in [-0.2, -0.15) is 5.10 Å². The van der Waals surface area contributed by atoms with Gasteiger partial charge < -0.3 is 10.6 Å². The van der Waals surface area contributed by atoms with Crippen molar-refractivity contribution in [2.75, 3.05) is 31.2 Å². The molecule has 33 heavy (non-hydrogen) atoms. The van der Waals surface area contributed by atoms with E-state index in [1.54, 1.807) is 0 Å². The maximum atomic E-state index is 13.1. The number of nitrogens with one attached hydrogen (secondary N) is 2. The van der Waals surface area contributed by atoms with E-state index in [1.165, 1.54) is 0 Å². The summed E-state index contributed by atoms with van der Waals surface area (Å²) >= 11 is 0. The van der Waals surface area contributed by atoms with E-state index in [4.69, 9.17) is 5.10 Å². The van der Waals surface area contributed by atoms with Gasteiger partial charge in [-0.15, -0.1) is 0 Å². The van der Waals surface area contributed by atoms with Crippen LogP contribution in [0.3, 0.4) is 0 Å². The number of carbonyl (C=O) groups excluding carboxylic acids is 2. The van der Waals surface area contributed by atoms with Crippen LogP contribution >= 0.6 is 0 Å². The van der Waals surface area contributed by atoms with E-state index < -0.39 is 0 Å². The minimum absolute atomic E-state index is 0.00201. The fourth-order valence-corrected chi connectivity index (χ4v) is 4.43. The first-order chi connectivity index (χ1) is 16.1. The van der Waals surface area contributed by atoms with Crippen molar-refractivity contribution in [2.45, 2.75) is 44.7 Å². The van der Waals surface area contributed by atoms with Crippen LogP contribution in [-0.4, -0.2) is 54.6 Å². The number of amides is 2. The predicted molar refractivity (Wildman–Crippen MR) is 131 cm³/mol. The highest BCUT2D eigenvalue weighted by Crippen LogP contribution is 2.35. The molecule has 2 N–H and O–H groups in total. The van der Waals surface area contributed by atoms with Gasteiger partial charge in [0.05, 0.1) is 18.3 Å². The molecule has 0 bridgehead atoms. The number of nitrogens with zero attached hydrogens (tertiary/aromatic N) is 3. The van der Waals surface area contributed by atoms with E-state index in [0.29, 0.717) is 18.7 Å². The Balaban J connectivity index is 1.36. The average Bonchev–Trinajstić information content (AvgIpc) is 3.31. The molecule has 7 nitrogen and oxygen atoms in total. The summed E-state index contributed by atoms with van der Waals surface area (Å²) in [6, 6.07) is 20.3. The smallest absolute Gasteiger partial charge is 0.267 e. The lowest BCUT2D eigenvalue weighted by Gasteiger charge is -2.31. The van der Waals surface area contributed by atoms with Crippen LogP contribution < -0.4 is 15.6 Å². The van der Waals surface area contributed by atoms with Crippen LogP contribution in [-0.2, 0) is 9.59 Å². The molecule has 1 saturated heterocycles. The van der Waals surface area contributed by atoms with Crippen LogP contribution in [0.2, 0.25) is 0 Å². The number of carbonyl (C=O) groups is 2. The second-order valence-corrected chi connectivity index (χ2v) is 8.73. The molecule has 4 rings (SSSR count). The Bertz CT molecular complexity index is 955. The standard InChI is InChI=1S/C26H33N5O2/c1-2-15-27-25(32)19-30-16-13-21(14-17-30)28-26(33)23-18-24(20-9-5-3-6-10-20)31(29-23)22-11-7-4-8-12-22/h3-12,21,24H,2,13-19H2,1H3,(H,27,32)(H,28,33). The zero-order valence-corrected chi connectivity index (χ0v) is 19.2. The topological polar surface area (TPSA) is 77.0 Å². The van der Waals surface area contributed by atoms with Crippen LogP contribution in [0.4, 0.5) is 5.69 Å². The molecule has 0 spiro atoms. The van der Waals surface area contributed by atoms with E-state index >= 15 is 0 Å². The number of para-hydroxylation sites is 1. The Morgan fingerprint density at radius 2 is 1.67 bits per heavy atom. The Labute approximate surface area is 195 Å². The third-order valence-electron chi connectivity index (χ3n) is 6.24. The SMILES string of the molecule is CCCNC(=O)CN1CCC(NC(=O)C2=NN(c3ccccc3)C(c3ccccc3)C2)CC1. The van der Waals surface area contributed by atoms with Gasteiger partial charge in [0.2, 0.25) is 5.91 Å². The minimum atomic E-state index is -0.0894. The molecule has 2 heterocycles. The lowest BCUT2D eigenvalue weighted by Crippen LogP contribution is -2.48. The van der Waals surface area contributed by atoms with Crippen molar-refractivity contribution in [3.05, 3.63) is 66.2 Å². The summed E-state index contributed by atoms with van der Waals surface area (Å²) in [7, 11) is 0. The van der Waals surface area contributed by atoms with Crippen molar-refractivity contribution >= 4 is 23.2 Å². The van der Waals surface area contributed by atoms with Crippen molar-refractivity contribution < 1.29 is 9.59 Å². The highest BCUT2D eigenvalue weighted by atomic mass is 16.2. The Morgan fingerprint density at radius 3 is 2.33 bits per heavy atom. The number of benzene rings is 2. The second-order valence-electron chi connectivity index (χ2n) is 8.73. The number of hydrogen-bond donors (Lipinski definition) is 2. The Morgan fingerprint density at radius 1 is 1.00 bits per heavy atom. The summed E-state index contributed by atoms with van der Waals surface area (Å²) in [5, 5.41) is 12.8. The molecule has 2 aliphatic heterocycles. The summed E-state index contributed by atoms with van der Waals surface area (Å²) in [5.74, 6) is -0.0129. The second kappa shape index (κ2) is 11.1. The molecule has 2 aromatic rings. The first kappa shape index (κ1) is 23.0. The van der Waals surface area contributed by atoms with E-state index in [9.17, 15) is 9.59 Å². The van der Waals surface area contributed by atoms with Gasteiger partial charge >= 0.3 is 0 Å². The average molecular weight is 448 g/mol. The molecule has 174 valence electrons. The fourth-order valence-electron chi connectivity index (χ4n) is 4.43. The monoisotopic (exact) mass is 447 g/mol. The highest BCUT2D eigenvalue weighted by molar-refractivity contribution is 6.39. The van der Waals surface area contributed by atoms with Gasteiger partial charge in [0, 0.05) is 32.1 Å². The van der Waals surface area contributed by atoms with Gasteiger partial charge in [-0.05, 0) is 37.0 Å². The molecule has 0 aliphatic carbocycles. The van der Waals surface area contributed by atoms with Crippen LogP contribution in [0.25, 0.3) is 0 Å². The molecule has 0 saturated carbocycles. The summed E-state index contributed by atoms with van der Waals surface area (Å²) in [4.78, 5) is 27.2. The van der Waals surface area contributed by atoms with Crippen LogP contribution in [0.15, 0.2) is 65.8 Å². The number of hydrogen-bond acceptors (Lipinski definition) is 5. The lowest BCUT2D eigenvalue weighted by atomic mass is 10.0. The van der Waals surface area contributed by atoms with E-state index in [-0.39, 0.29) is 23.9 Å². The van der Waals surface area contributed by atoms with Gasteiger partial charge in [0.25, 0.3) is 5.91 Å². The lowest BCUT2D eigenvalue weighted by molar-refractivity contribution is -0.123. The van der Waals surface area contributed by atoms with Crippen LogP contribution in [0, 0.1) is 0 Å². The molecule has 0 radical (unpaired) electrons. The molecule has 1 fully saturated rings.